The number of hydrogen-bond acceptors (Lipinski definition) is 4. The lowest BCUT2D eigenvalue weighted by atomic mass is 10.1. The van der Waals surface area contributed by atoms with Crippen LogP contribution < -0.4 is 15.4 Å². The highest BCUT2D eigenvalue weighted by atomic mass is 16.5. The Morgan fingerprint density at radius 1 is 1.10 bits per heavy atom. The van der Waals surface area contributed by atoms with Gasteiger partial charge in [0.15, 0.2) is 5.96 Å². The van der Waals surface area contributed by atoms with E-state index in [1.54, 1.807) is 0 Å². The summed E-state index contributed by atoms with van der Waals surface area (Å²) in [6.07, 6.45) is 2.10. The molecule has 1 unspecified atom stereocenters. The van der Waals surface area contributed by atoms with Crippen LogP contribution in [0.2, 0.25) is 0 Å². The van der Waals surface area contributed by atoms with Gasteiger partial charge in [-0.25, -0.2) is 0 Å². The summed E-state index contributed by atoms with van der Waals surface area (Å²) in [5.41, 5.74) is 2.54. The van der Waals surface area contributed by atoms with E-state index in [0.29, 0.717) is 19.2 Å². The molecular weight excluding hydrogens is 388 g/mol. The standard InChI is InChI=1S/C25H36N4O2/c1-21(11-12-22-7-4-3-5-8-22)28-25(26-2)27-20-23-9-6-10-24(19-23)31-18-15-29-13-16-30-17-14-29/h3-10,19,21H,11-18,20H2,1-2H3,(H2,26,27,28). The topological polar surface area (TPSA) is 58.1 Å². The Kier molecular flexibility index (Phi) is 9.67. The van der Waals surface area contributed by atoms with Gasteiger partial charge in [0.1, 0.15) is 12.4 Å². The van der Waals surface area contributed by atoms with Crippen LogP contribution in [0, 0.1) is 0 Å². The summed E-state index contributed by atoms with van der Waals surface area (Å²) in [5.74, 6) is 1.73. The molecule has 2 N–H and O–H groups in total. The third-order valence-corrected chi connectivity index (χ3v) is 5.45. The molecule has 6 nitrogen and oxygen atoms in total. The first kappa shape index (κ1) is 23.1. The van der Waals surface area contributed by atoms with E-state index in [2.05, 4.69) is 69.9 Å². The van der Waals surface area contributed by atoms with Gasteiger partial charge in [0.25, 0.3) is 0 Å². The van der Waals surface area contributed by atoms with E-state index in [1.165, 1.54) is 11.1 Å². The zero-order valence-electron chi connectivity index (χ0n) is 18.8. The fourth-order valence-electron chi connectivity index (χ4n) is 3.58. The molecule has 2 aromatic carbocycles. The van der Waals surface area contributed by atoms with E-state index in [-0.39, 0.29) is 0 Å². The molecule has 31 heavy (non-hydrogen) atoms. The molecule has 0 aromatic heterocycles. The normalized spacial score (nSPS) is 16.0. The number of nitrogens with one attached hydrogen (secondary N) is 2. The quantitative estimate of drug-likeness (QED) is 0.453. The number of morpholine rings is 1. The SMILES string of the molecule is CN=C(NCc1cccc(OCCN2CCOCC2)c1)NC(C)CCc1ccccc1. The Hall–Kier alpha value is -2.57. The van der Waals surface area contributed by atoms with Crippen LogP contribution in [0.4, 0.5) is 0 Å². The summed E-state index contributed by atoms with van der Waals surface area (Å²) in [7, 11) is 1.81. The summed E-state index contributed by atoms with van der Waals surface area (Å²) in [4.78, 5) is 6.75. The molecule has 0 aliphatic carbocycles. The van der Waals surface area contributed by atoms with Gasteiger partial charge in [-0.1, -0.05) is 42.5 Å². The largest absolute Gasteiger partial charge is 0.492 e. The van der Waals surface area contributed by atoms with Crippen molar-refractivity contribution in [1.82, 2.24) is 15.5 Å². The summed E-state index contributed by atoms with van der Waals surface area (Å²) >= 11 is 0. The molecule has 1 heterocycles. The van der Waals surface area contributed by atoms with Crippen LogP contribution in [0.1, 0.15) is 24.5 Å². The maximum absolute atomic E-state index is 5.96. The number of aliphatic imine (C=N–C) groups is 1. The average Bonchev–Trinajstić information content (AvgIpc) is 2.82. The van der Waals surface area contributed by atoms with Gasteiger partial charge in [0, 0.05) is 39.3 Å². The minimum atomic E-state index is 0.335. The summed E-state index contributed by atoms with van der Waals surface area (Å²) in [6, 6.07) is 19.2. The lowest BCUT2D eigenvalue weighted by Gasteiger charge is -2.26. The molecule has 1 fully saturated rings. The second-order valence-electron chi connectivity index (χ2n) is 7.95. The molecule has 0 saturated carbocycles. The molecule has 0 amide bonds. The van der Waals surface area contributed by atoms with Crippen molar-refractivity contribution in [3.63, 3.8) is 0 Å². The number of rotatable bonds is 10. The van der Waals surface area contributed by atoms with Crippen LogP contribution in [-0.2, 0) is 17.7 Å². The van der Waals surface area contributed by atoms with E-state index in [4.69, 9.17) is 9.47 Å². The van der Waals surface area contributed by atoms with Crippen LogP contribution in [0.25, 0.3) is 0 Å². The Balaban J connectivity index is 1.38. The Labute approximate surface area is 186 Å². The Morgan fingerprint density at radius 2 is 1.87 bits per heavy atom. The van der Waals surface area contributed by atoms with Gasteiger partial charge in [-0.15, -0.1) is 0 Å². The summed E-state index contributed by atoms with van der Waals surface area (Å²) < 4.78 is 11.4. The molecular formula is C25H36N4O2. The minimum absolute atomic E-state index is 0.335. The van der Waals surface area contributed by atoms with Gasteiger partial charge >= 0.3 is 0 Å². The number of hydrogen-bond donors (Lipinski definition) is 2. The van der Waals surface area contributed by atoms with Gasteiger partial charge in [-0.05, 0) is 43.0 Å². The number of aryl methyl sites for hydroxylation is 1. The van der Waals surface area contributed by atoms with Gasteiger partial charge in [-0.2, -0.15) is 0 Å². The predicted molar refractivity (Wildman–Crippen MR) is 127 cm³/mol. The molecule has 1 saturated heterocycles. The fourth-order valence-corrected chi connectivity index (χ4v) is 3.58. The lowest BCUT2D eigenvalue weighted by Crippen LogP contribution is -2.42. The molecule has 1 aliphatic heterocycles. The zero-order valence-corrected chi connectivity index (χ0v) is 18.8. The van der Waals surface area contributed by atoms with E-state index in [1.807, 2.05) is 19.2 Å². The third-order valence-electron chi connectivity index (χ3n) is 5.45. The van der Waals surface area contributed by atoms with Crippen LogP contribution >= 0.6 is 0 Å². The van der Waals surface area contributed by atoms with Gasteiger partial charge in [0.05, 0.1) is 13.2 Å². The smallest absolute Gasteiger partial charge is 0.191 e. The van der Waals surface area contributed by atoms with Crippen molar-refractivity contribution >= 4 is 5.96 Å². The zero-order chi connectivity index (χ0) is 21.7. The molecule has 0 spiro atoms. The molecule has 0 bridgehead atoms. The highest BCUT2D eigenvalue weighted by Crippen LogP contribution is 2.13. The molecule has 2 aromatic rings. The van der Waals surface area contributed by atoms with Crippen LogP contribution in [0.15, 0.2) is 59.6 Å². The average molecular weight is 425 g/mol. The number of nitrogens with zero attached hydrogens (tertiary/aromatic N) is 2. The van der Waals surface area contributed by atoms with Gasteiger partial charge < -0.3 is 20.1 Å². The molecule has 168 valence electrons. The summed E-state index contributed by atoms with van der Waals surface area (Å²) in [5, 5.41) is 6.90. The predicted octanol–water partition coefficient (Wildman–Crippen LogP) is 3.08. The van der Waals surface area contributed by atoms with Crippen molar-refractivity contribution in [3.05, 3.63) is 65.7 Å². The van der Waals surface area contributed by atoms with Crippen molar-refractivity contribution in [2.24, 2.45) is 4.99 Å². The fraction of sp³-hybridized carbons (Fsp3) is 0.480. The molecule has 1 atom stereocenters. The van der Waals surface area contributed by atoms with Gasteiger partial charge in [0.2, 0.25) is 0 Å². The molecule has 6 heteroatoms. The van der Waals surface area contributed by atoms with E-state index >= 15 is 0 Å². The van der Waals surface area contributed by atoms with Crippen LogP contribution in [0.5, 0.6) is 5.75 Å². The number of benzene rings is 2. The summed E-state index contributed by atoms with van der Waals surface area (Å²) in [6.45, 7) is 8.14. The second-order valence-corrected chi connectivity index (χ2v) is 7.95. The van der Waals surface area contributed by atoms with Crippen molar-refractivity contribution in [1.29, 1.82) is 0 Å². The van der Waals surface area contributed by atoms with E-state index in [9.17, 15) is 0 Å². The van der Waals surface area contributed by atoms with Crippen molar-refractivity contribution in [2.75, 3.05) is 46.5 Å². The first-order chi connectivity index (χ1) is 15.2. The highest BCUT2D eigenvalue weighted by molar-refractivity contribution is 5.79. The van der Waals surface area contributed by atoms with Gasteiger partial charge in [-0.3, -0.25) is 9.89 Å². The highest BCUT2D eigenvalue weighted by Gasteiger charge is 2.10. The van der Waals surface area contributed by atoms with E-state index in [0.717, 1.165) is 57.4 Å². The van der Waals surface area contributed by atoms with Crippen molar-refractivity contribution < 1.29 is 9.47 Å². The third kappa shape index (κ3) is 8.59. The second kappa shape index (κ2) is 13.0. The van der Waals surface area contributed by atoms with E-state index < -0.39 is 0 Å². The maximum atomic E-state index is 5.96. The Morgan fingerprint density at radius 3 is 2.65 bits per heavy atom. The number of ether oxygens (including phenoxy) is 2. The first-order valence-electron chi connectivity index (χ1n) is 11.3. The molecule has 1 aliphatic rings. The first-order valence-corrected chi connectivity index (χ1v) is 11.3. The number of guanidine groups is 1. The molecule has 0 radical (unpaired) electrons. The maximum Gasteiger partial charge on any atom is 0.191 e. The van der Waals surface area contributed by atoms with Crippen LogP contribution in [0.3, 0.4) is 0 Å². The minimum Gasteiger partial charge on any atom is -0.492 e. The molecule has 3 rings (SSSR count). The van der Waals surface area contributed by atoms with Crippen LogP contribution in [-0.4, -0.2) is 63.4 Å². The van der Waals surface area contributed by atoms with Crippen molar-refractivity contribution in [3.8, 4) is 5.75 Å². The monoisotopic (exact) mass is 424 g/mol. The van der Waals surface area contributed by atoms with Crippen molar-refractivity contribution in [2.45, 2.75) is 32.4 Å². The Bertz CT molecular complexity index is 791. The lowest BCUT2D eigenvalue weighted by molar-refractivity contribution is 0.0322.